The van der Waals surface area contributed by atoms with Gasteiger partial charge in [-0.2, -0.15) is 0 Å². The highest BCUT2D eigenvalue weighted by molar-refractivity contribution is 5.35. The molecule has 0 radical (unpaired) electrons. The van der Waals surface area contributed by atoms with E-state index in [2.05, 4.69) is 0 Å². The molecular weight excluding hydrogens is 275 g/mol. The van der Waals surface area contributed by atoms with Crippen LogP contribution < -0.4 is 5.73 Å². The minimum absolute atomic E-state index is 0.225. The molecule has 1 aliphatic rings. The summed E-state index contributed by atoms with van der Waals surface area (Å²) in [6.45, 7) is 0. The van der Waals surface area contributed by atoms with Gasteiger partial charge in [0, 0.05) is 0 Å². The van der Waals surface area contributed by atoms with Crippen molar-refractivity contribution in [2.45, 2.75) is 31.2 Å². The van der Waals surface area contributed by atoms with E-state index in [1.165, 1.54) is 24.8 Å². The fourth-order valence-electron chi connectivity index (χ4n) is 2.66. The molecule has 21 heavy (non-hydrogen) atoms. The van der Waals surface area contributed by atoms with Crippen molar-refractivity contribution in [3.63, 3.8) is 0 Å². The third-order valence-corrected chi connectivity index (χ3v) is 4.24. The average molecular weight is 291 g/mol. The van der Waals surface area contributed by atoms with Gasteiger partial charge in [-0.1, -0.05) is 30.7 Å². The maximum atomic E-state index is 13.3. The number of nitrogens with two attached hydrogens (primary N) is 1. The lowest BCUT2D eigenvalue weighted by Crippen LogP contribution is -2.14. The number of hydrogen-bond donors (Lipinski definition) is 1. The Hall–Kier alpha value is -1.81. The van der Waals surface area contributed by atoms with Gasteiger partial charge in [-0.05, 0) is 47.6 Å². The molecule has 1 nitrogen and oxygen atoms in total. The fourth-order valence-corrected chi connectivity index (χ4v) is 2.66. The summed E-state index contributed by atoms with van der Waals surface area (Å²) >= 11 is 0. The maximum absolute atomic E-state index is 13.3. The van der Waals surface area contributed by atoms with E-state index < -0.39 is 23.5 Å². The van der Waals surface area contributed by atoms with Gasteiger partial charge in [0.15, 0.2) is 17.5 Å². The number of benzene rings is 2. The van der Waals surface area contributed by atoms with E-state index in [0.29, 0.717) is 5.92 Å². The van der Waals surface area contributed by atoms with Gasteiger partial charge in [0.25, 0.3) is 0 Å². The quantitative estimate of drug-likeness (QED) is 0.832. The smallest absolute Gasteiger partial charge is 0.194 e. The van der Waals surface area contributed by atoms with E-state index in [1.54, 1.807) is 0 Å². The molecule has 1 unspecified atom stereocenters. The molecule has 110 valence electrons. The lowest BCUT2D eigenvalue weighted by Gasteiger charge is -2.26. The molecule has 4 heteroatoms. The molecular formula is C17H16F3N. The summed E-state index contributed by atoms with van der Waals surface area (Å²) in [6, 6.07) is 8.98. The lowest BCUT2D eigenvalue weighted by atomic mass is 9.79. The number of hydrogen-bond acceptors (Lipinski definition) is 1. The average Bonchev–Trinajstić information content (AvgIpc) is 2.42. The first kappa shape index (κ1) is 14.1. The molecule has 1 saturated carbocycles. The molecule has 2 aromatic carbocycles. The van der Waals surface area contributed by atoms with Gasteiger partial charge in [-0.25, -0.2) is 13.2 Å². The Bertz CT molecular complexity index is 625. The molecule has 2 aromatic rings. The van der Waals surface area contributed by atoms with Gasteiger partial charge in [0.05, 0.1) is 6.04 Å². The van der Waals surface area contributed by atoms with Gasteiger partial charge >= 0.3 is 0 Å². The summed E-state index contributed by atoms with van der Waals surface area (Å²) in [5, 5.41) is 0. The molecule has 0 bridgehead atoms. The van der Waals surface area contributed by atoms with Crippen LogP contribution in [0.4, 0.5) is 13.2 Å². The highest BCUT2D eigenvalue weighted by atomic mass is 19.2. The van der Waals surface area contributed by atoms with Crippen molar-refractivity contribution in [3.8, 4) is 0 Å². The van der Waals surface area contributed by atoms with Gasteiger partial charge in [-0.3, -0.25) is 0 Å². The van der Waals surface area contributed by atoms with E-state index in [0.717, 1.165) is 17.7 Å². The van der Waals surface area contributed by atoms with Crippen LogP contribution in [0.5, 0.6) is 0 Å². The Morgan fingerprint density at radius 1 is 0.905 bits per heavy atom. The summed E-state index contributed by atoms with van der Waals surface area (Å²) < 4.78 is 39.5. The standard InChI is InChI=1S/C17H16F3N/c18-14-8-13(9-15(19)16(14)20)17(21)12-6-4-11(5-7-12)10-2-1-3-10/h4-10,17H,1-3,21H2. The monoisotopic (exact) mass is 291 g/mol. The van der Waals surface area contributed by atoms with Crippen LogP contribution in [0.3, 0.4) is 0 Å². The normalized spacial score (nSPS) is 16.6. The summed E-state index contributed by atoms with van der Waals surface area (Å²) in [5.74, 6) is -3.28. The minimum atomic E-state index is -1.47. The summed E-state index contributed by atoms with van der Waals surface area (Å²) in [6.07, 6.45) is 3.68. The fraction of sp³-hybridized carbons (Fsp3) is 0.294. The van der Waals surface area contributed by atoms with Crippen LogP contribution in [0.25, 0.3) is 0 Å². The lowest BCUT2D eigenvalue weighted by molar-refractivity contribution is 0.419. The van der Waals surface area contributed by atoms with Crippen molar-refractivity contribution < 1.29 is 13.2 Å². The third-order valence-electron chi connectivity index (χ3n) is 4.24. The SMILES string of the molecule is NC(c1ccc(C2CCC2)cc1)c1cc(F)c(F)c(F)c1. The Morgan fingerprint density at radius 3 is 1.95 bits per heavy atom. The largest absolute Gasteiger partial charge is 0.320 e. The van der Waals surface area contributed by atoms with Crippen LogP contribution in [0.15, 0.2) is 36.4 Å². The van der Waals surface area contributed by atoms with Gasteiger partial charge < -0.3 is 5.73 Å². The topological polar surface area (TPSA) is 26.0 Å². The Labute approximate surface area is 121 Å². The molecule has 3 rings (SSSR count). The molecule has 1 atom stereocenters. The van der Waals surface area contributed by atoms with Gasteiger partial charge in [0.2, 0.25) is 0 Å². The van der Waals surface area contributed by atoms with Gasteiger partial charge in [-0.15, -0.1) is 0 Å². The minimum Gasteiger partial charge on any atom is -0.320 e. The molecule has 0 amide bonds. The number of rotatable bonds is 3. The predicted octanol–water partition coefficient (Wildman–Crippen LogP) is 4.42. The van der Waals surface area contributed by atoms with Crippen LogP contribution in [0.1, 0.15) is 47.9 Å². The Kier molecular flexibility index (Phi) is 3.72. The van der Waals surface area contributed by atoms with E-state index in [-0.39, 0.29) is 5.56 Å². The number of halogens is 3. The molecule has 0 saturated heterocycles. The molecule has 1 fully saturated rings. The summed E-state index contributed by atoms with van der Waals surface area (Å²) in [5.41, 5.74) is 8.27. The second-order valence-electron chi connectivity index (χ2n) is 5.57. The van der Waals surface area contributed by atoms with Crippen molar-refractivity contribution in [3.05, 3.63) is 70.5 Å². The molecule has 2 N–H and O–H groups in total. The predicted molar refractivity (Wildman–Crippen MR) is 75.4 cm³/mol. The van der Waals surface area contributed by atoms with Crippen molar-refractivity contribution in [2.24, 2.45) is 5.73 Å². The first-order valence-corrected chi connectivity index (χ1v) is 7.06. The van der Waals surface area contributed by atoms with Crippen molar-refractivity contribution >= 4 is 0 Å². The Balaban J connectivity index is 1.85. The highest BCUT2D eigenvalue weighted by Gasteiger charge is 2.20. The molecule has 1 aliphatic carbocycles. The van der Waals surface area contributed by atoms with Crippen LogP contribution >= 0.6 is 0 Å². The van der Waals surface area contributed by atoms with Crippen molar-refractivity contribution in [2.75, 3.05) is 0 Å². The zero-order valence-electron chi connectivity index (χ0n) is 11.5. The van der Waals surface area contributed by atoms with E-state index in [1.807, 2.05) is 24.3 Å². The summed E-state index contributed by atoms with van der Waals surface area (Å²) in [4.78, 5) is 0. The van der Waals surface area contributed by atoms with Crippen LogP contribution in [0.2, 0.25) is 0 Å². The van der Waals surface area contributed by atoms with Crippen LogP contribution in [-0.4, -0.2) is 0 Å². The van der Waals surface area contributed by atoms with Crippen molar-refractivity contribution in [1.82, 2.24) is 0 Å². The van der Waals surface area contributed by atoms with E-state index in [4.69, 9.17) is 5.73 Å². The molecule has 0 spiro atoms. The Morgan fingerprint density at radius 2 is 1.48 bits per heavy atom. The molecule has 0 heterocycles. The second-order valence-corrected chi connectivity index (χ2v) is 5.57. The van der Waals surface area contributed by atoms with Crippen molar-refractivity contribution in [1.29, 1.82) is 0 Å². The second kappa shape index (κ2) is 5.53. The third kappa shape index (κ3) is 2.68. The van der Waals surface area contributed by atoms with Crippen LogP contribution in [-0.2, 0) is 0 Å². The zero-order chi connectivity index (χ0) is 15.0. The van der Waals surface area contributed by atoms with Crippen LogP contribution in [0, 0.1) is 17.5 Å². The molecule has 0 aliphatic heterocycles. The van der Waals surface area contributed by atoms with E-state index in [9.17, 15) is 13.2 Å². The maximum Gasteiger partial charge on any atom is 0.194 e. The molecule has 0 aromatic heterocycles. The van der Waals surface area contributed by atoms with Gasteiger partial charge in [0.1, 0.15) is 0 Å². The van der Waals surface area contributed by atoms with E-state index >= 15 is 0 Å². The first-order chi connectivity index (χ1) is 10.1. The first-order valence-electron chi connectivity index (χ1n) is 7.06. The summed E-state index contributed by atoms with van der Waals surface area (Å²) in [7, 11) is 0. The highest BCUT2D eigenvalue weighted by Crippen LogP contribution is 2.36. The zero-order valence-corrected chi connectivity index (χ0v) is 11.5.